The summed E-state index contributed by atoms with van der Waals surface area (Å²) in [5.74, 6) is -3.52. The van der Waals surface area contributed by atoms with E-state index in [-0.39, 0.29) is 23.0 Å². The molecule has 1 amide bonds. The van der Waals surface area contributed by atoms with Crippen molar-refractivity contribution < 1.29 is 37.4 Å². The number of amides is 1. The molecule has 1 N–H and O–H groups in total. The summed E-state index contributed by atoms with van der Waals surface area (Å²) in [6, 6.07) is 11.3. The van der Waals surface area contributed by atoms with Crippen LogP contribution in [0.15, 0.2) is 66.6 Å². The van der Waals surface area contributed by atoms with E-state index in [0.717, 1.165) is 0 Å². The van der Waals surface area contributed by atoms with Crippen LogP contribution in [0.1, 0.15) is 49.3 Å². The Balaban J connectivity index is 1.86. The molecule has 2 aromatic carbocycles. The lowest BCUT2D eigenvalue weighted by Gasteiger charge is -2.18. The Kier molecular flexibility index (Phi) is 9.48. The number of halogens is 2. The summed E-state index contributed by atoms with van der Waals surface area (Å²) < 4.78 is 43.2. The number of pyridine rings is 1. The molecule has 0 fully saturated rings. The quantitative estimate of drug-likeness (QED) is 0.300. The van der Waals surface area contributed by atoms with Gasteiger partial charge in [-0.1, -0.05) is 38.1 Å². The Labute approximate surface area is 224 Å². The van der Waals surface area contributed by atoms with Gasteiger partial charge in [-0.05, 0) is 49.2 Å². The van der Waals surface area contributed by atoms with E-state index in [9.17, 15) is 23.2 Å². The van der Waals surface area contributed by atoms with Crippen LogP contribution in [0.25, 0.3) is 5.57 Å². The number of benzene rings is 2. The predicted molar refractivity (Wildman–Crippen MR) is 139 cm³/mol. The Hall–Kier alpha value is -4.60. The van der Waals surface area contributed by atoms with Crippen LogP contribution in [0, 0.1) is 17.6 Å². The molecular formula is C29H28F2N2O6. The van der Waals surface area contributed by atoms with Gasteiger partial charge in [-0.3, -0.25) is 9.59 Å². The number of rotatable bonds is 9. The van der Waals surface area contributed by atoms with Crippen LogP contribution in [0.4, 0.5) is 8.78 Å². The van der Waals surface area contributed by atoms with Crippen molar-refractivity contribution in [2.24, 2.45) is 5.92 Å². The summed E-state index contributed by atoms with van der Waals surface area (Å²) in [5, 5.41) is 2.48. The smallest absolute Gasteiger partial charge is 0.333 e. The van der Waals surface area contributed by atoms with Crippen LogP contribution < -0.4 is 14.8 Å². The van der Waals surface area contributed by atoms with Gasteiger partial charge >= 0.3 is 11.9 Å². The Morgan fingerprint density at radius 3 is 1.87 bits per heavy atom. The SMILES string of the molecule is COc1ccnc(C(=O)N[C@@H](C)C(=O)OC(C)=C(c2ccc(F)cc2)c2ccc(F)cc2)c1OC(=O)C(C)C. The third-order valence-corrected chi connectivity index (χ3v) is 5.55. The van der Waals surface area contributed by atoms with Crippen molar-refractivity contribution in [2.45, 2.75) is 33.7 Å². The zero-order chi connectivity index (χ0) is 28.7. The van der Waals surface area contributed by atoms with Gasteiger partial charge in [-0.2, -0.15) is 0 Å². The lowest BCUT2D eigenvalue weighted by atomic mass is 9.97. The molecule has 1 aromatic heterocycles. The van der Waals surface area contributed by atoms with Crippen molar-refractivity contribution in [3.63, 3.8) is 0 Å². The zero-order valence-corrected chi connectivity index (χ0v) is 22.1. The van der Waals surface area contributed by atoms with Gasteiger partial charge in [0, 0.05) is 17.8 Å². The number of hydrogen-bond acceptors (Lipinski definition) is 7. The van der Waals surface area contributed by atoms with Gasteiger partial charge in [0.15, 0.2) is 11.4 Å². The van der Waals surface area contributed by atoms with Crippen molar-refractivity contribution in [3.8, 4) is 11.5 Å². The number of nitrogens with zero attached hydrogens (tertiary/aromatic N) is 1. The van der Waals surface area contributed by atoms with E-state index in [1.807, 2.05) is 0 Å². The number of methoxy groups -OCH3 is 1. The second-order valence-electron chi connectivity index (χ2n) is 8.83. The molecule has 8 nitrogen and oxygen atoms in total. The van der Waals surface area contributed by atoms with Crippen LogP contribution in [-0.2, 0) is 14.3 Å². The van der Waals surface area contributed by atoms with Gasteiger partial charge in [0.1, 0.15) is 23.4 Å². The highest BCUT2D eigenvalue weighted by Gasteiger charge is 2.26. The highest BCUT2D eigenvalue weighted by atomic mass is 19.1. The number of allylic oxidation sites excluding steroid dienone is 1. The van der Waals surface area contributed by atoms with E-state index in [1.54, 1.807) is 13.8 Å². The normalized spacial score (nSPS) is 11.4. The lowest BCUT2D eigenvalue weighted by molar-refractivity contribution is -0.141. The molecule has 0 spiro atoms. The van der Waals surface area contributed by atoms with Crippen LogP contribution in [-0.4, -0.2) is 36.0 Å². The standard InChI is InChI=1S/C29H28F2N2O6/c1-16(2)28(35)39-26-23(37-5)14-15-32-25(26)27(34)33-17(3)29(36)38-18(4)24(19-6-10-21(30)11-7-19)20-8-12-22(31)13-9-20/h6-17H,1-5H3,(H,33,34)/t17-/m0/s1. The van der Waals surface area contributed by atoms with E-state index >= 15 is 0 Å². The van der Waals surface area contributed by atoms with Crippen molar-refractivity contribution in [1.82, 2.24) is 10.3 Å². The molecule has 0 unspecified atom stereocenters. The number of carbonyl (C=O) groups excluding carboxylic acids is 3. The lowest BCUT2D eigenvalue weighted by Crippen LogP contribution is -2.40. The van der Waals surface area contributed by atoms with E-state index in [4.69, 9.17) is 14.2 Å². The van der Waals surface area contributed by atoms with E-state index in [2.05, 4.69) is 10.3 Å². The third-order valence-electron chi connectivity index (χ3n) is 5.55. The first-order valence-corrected chi connectivity index (χ1v) is 12.0. The topological polar surface area (TPSA) is 104 Å². The molecule has 0 aliphatic rings. The number of carbonyl (C=O) groups is 3. The van der Waals surface area contributed by atoms with E-state index < -0.39 is 41.4 Å². The largest absolute Gasteiger partial charge is 0.493 e. The summed E-state index contributed by atoms with van der Waals surface area (Å²) in [6.45, 7) is 6.19. The van der Waals surface area contributed by atoms with Crippen LogP contribution >= 0.6 is 0 Å². The average Bonchev–Trinajstić information content (AvgIpc) is 2.90. The molecule has 1 heterocycles. The van der Waals surface area contributed by atoms with Gasteiger partial charge in [-0.25, -0.2) is 18.6 Å². The average molecular weight is 539 g/mol. The molecule has 0 saturated carbocycles. The van der Waals surface area contributed by atoms with Gasteiger partial charge in [0.05, 0.1) is 13.0 Å². The number of nitrogens with one attached hydrogen (secondary N) is 1. The first-order valence-electron chi connectivity index (χ1n) is 12.0. The van der Waals surface area contributed by atoms with Crippen LogP contribution in [0.3, 0.4) is 0 Å². The fourth-order valence-corrected chi connectivity index (χ4v) is 3.49. The molecule has 204 valence electrons. The fourth-order valence-electron chi connectivity index (χ4n) is 3.49. The third kappa shape index (κ3) is 7.25. The Morgan fingerprint density at radius 1 is 0.846 bits per heavy atom. The molecule has 0 aliphatic carbocycles. The molecule has 0 radical (unpaired) electrons. The second-order valence-corrected chi connectivity index (χ2v) is 8.83. The minimum atomic E-state index is -1.16. The van der Waals surface area contributed by atoms with Gasteiger partial charge < -0.3 is 19.5 Å². The first kappa shape index (κ1) is 29.0. The monoisotopic (exact) mass is 538 g/mol. The number of hydrogen-bond donors (Lipinski definition) is 1. The summed E-state index contributed by atoms with van der Waals surface area (Å²) in [6.07, 6.45) is 1.30. The van der Waals surface area contributed by atoms with Crippen molar-refractivity contribution in [3.05, 3.63) is 95.0 Å². The van der Waals surface area contributed by atoms with Crippen LogP contribution in [0.2, 0.25) is 0 Å². The molecule has 39 heavy (non-hydrogen) atoms. The molecule has 10 heteroatoms. The zero-order valence-electron chi connectivity index (χ0n) is 22.1. The maximum atomic E-state index is 13.5. The van der Waals surface area contributed by atoms with Gasteiger partial charge in [0.2, 0.25) is 5.75 Å². The molecule has 0 bridgehead atoms. The summed E-state index contributed by atoms with van der Waals surface area (Å²) in [7, 11) is 1.35. The number of esters is 2. The summed E-state index contributed by atoms with van der Waals surface area (Å²) in [4.78, 5) is 42.2. The fraction of sp³-hybridized carbons (Fsp3) is 0.241. The Morgan fingerprint density at radius 2 is 1.38 bits per heavy atom. The molecule has 3 aromatic rings. The van der Waals surface area contributed by atoms with E-state index in [1.165, 1.54) is 81.8 Å². The van der Waals surface area contributed by atoms with Crippen LogP contribution in [0.5, 0.6) is 11.5 Å². The molecule has 3 rings (SSSR count). The van der Waals surface area contributed by atoms with Gasteiger partial charge in [-0.15, -0.1) is 0 Å². The van der Waals surface area contributed by atoms with E-state index in [0.29, 0.717) is 16.7 Å². The number of ether oxygens (including phenoxy) is 3. The Bertz CT molecular complexity index is 1340. The first-order chi connectivity index (χ1) is 18.5. The second kappa shape index (κ2) is 12.8. The summed E-state index contributed by atoms with van der Waals surface area (Å²) >= 11 is 0. The minimum Gasteiger partial charge on any atom is -0.493 e. The molecule has 0 saturated heterocycles. The molecule has 1 atom stereocenters. The molecular weight excluding hydrogens is 510 g/mol. The van der Waals surface area contributed by atoms with Crippen molar-refractivity contribution in [2.75, 3.05) is 7.11 Å². The molecule has 0 aliphatic heterocycles. The summed E-state index contributed by atoms with van der Waals surface area (Å²) in [5.41, 5.74) is 1.23. The highest BCUT2D eigenvalue weighted by Crippen LogP contribution is 2.31. The maximum Gasteiger partial charge on any atom is 0.333 e. The highest BCUT2D eigenvalue weighted by molar-refractivity contribution is 5.99. The van der Waals surface area contributed by atoms with Crippen molar-refractivity contribution in [1.29, 1.82) is 0 Å². The minimum absolute atomic E-state index is 0.112. The van der Waals surface area contributed by atoms with Crippen molar-refractivity contribution >= 4 is 23.4 Å². The predicted octanol–water partition coefficient (Wildman–Crippen LogP) is 5.07. The number of aromatic nitrogens is 1. The van der Waals surface area contributed by atoms with Gasteiger partial charge in [0.25, 0.3) is 5.91 Å². The maximum absolute atomic E-state index is 13.5.